The van der Waals surface area contributed by atoms with Crippen LogP contribution in [0.15, 0.2) is 47.3 Å². The molecule has 166 valence electrons. The molecule has 4 rings (SSSR count). The molecule has 1 N–H and O–H groups in total. The van der Waals surface area contributed by atoms with E-state index in [4.69, 9.17) is 32.9 Å². The van der Waals surface area contributed by atoms with Gasteiger partial charge in [0.25, 0.3) is 5.56 Å². The van der Waals surface area contributed by atoms with E-state index in [1.165, 1.54) is 6.92 Å². The molecule has 8 heteroatoms. The van der Waals surface area contributed by atoms with E-state index in [0.29, 0.717) is 45.8 Å². The molecule has 0 saturated carbocycles. The van der Waals surface area contributed by atoms with Crippen molar-refractivity contribution in [1.29, 1.82) is 0 Å². The molecule has 0 saturated heterocycles. The fraction of sp³-hybridized carbons (Fsp3) is 0.292. The second-order valence-corrected chi connectivity index (χ2v) is 8.59. The summed E-state index contributed by atoms with van der Waals surface area (Å²) in [5.74, 6) is 0.119. The fourth-order valence-electron chi connectivity index (χ4n) is 4.20. The number of esters is 1. The molecule has 1 heterocycles. The number of benzene rings is 2. The van der Waals surface area contributed by atoms with Gasteiger partial charge in [0.1, 0.15) is 17.6 Å². The third-order valence-corrected chi connectivity index (χ3v) is 6.19. The third kappa shape index (κ3) is 4.12. The van der Waals surface area contributed by atoms with E-state index in [1.54, 1.807) is 29.7 Å². The Morgan fingerprint density at radius 3 is 2.69 bits per heavy atom. The van der Waals surface area contributed by atoms with Gasteiger partial charge in [0, 0.05) is 30.5 Å². The van der Waals surface area contributed by atoms with E-state index < -0.39 is 6.10 Å². The Hall–Kier alpha value is -2.83. The van der Waals surface area contributed by atoms with Gasteiger partial charge >= 0.3 is 5.97 Å². The van der Waals surface area contributed by atoms with Gasteiger partial charge in [0.15, 0.2) is 0 Å². The Labute approximate surface area is 196 Å². The second kappa shape index (κ2) is 8.96. The van der Waals surface area contributed by atoms with Crippen molar-refractivity contribution < 1.29 is 9.53 Å². The predicted molar refractivity (Wildman–Crippen MR) is 126 cm³/mol. The third-order valence-electron chi connectivity index (χ3n) is 5.64. The van der Waals surface area contributed by atoms with Crippen LogP contribution in [0.3, 0.4) is 0 Å². The number of nitrogens with zero attached hydrogens (tertiary/aromatic N) is 2. The Balaban J connectivity index is 1.79. The molecule has 1 aliphatic rings. The molecule has 6 nitrogen and oxygen atoms in total. The molecule has 0 amide bonds. The van der Waals surface area contributed by atoms with E-state index in [0.717, 1.165) is 11.1 Å². The lowest BCUT2D eigenvalue weighted by molar-refractivity contribution is -0.146. The van der Waals surface area contributed by atoms with Crippen LogP contribution in [0.1, 0.15) is 36.7 Å². The molecular formula is C24H23Cl2N3O3. The van der Waals surface area contributed by atoms with E-state index in [1.807, 2.05) is 31.2 Å². The van der Waals surface area contributed by atoms with Crippen molar-refractivity contribution >= 4 is 34.9 Å². The topological polar surface area (TPSA) is 73.2 Å². The summed E-state index contributed by atoms with van der Waals surface area (Å²) in [6.45, 7) is 5.45. The van der Waals surface area contributed by atoms with Gasteiger partial charge < -0.3 is 10.1 Å². The summed E-state index contributed by atoms with van der Waals surface area (Å²) in [5.41, 5.74) is 3.42. The van der Waals surface area contributed by atoms with Gasteiger partial charge in [-0.15, -0.1) is 0 Å². The van der Waals surface area contributed by atoms with Crippen LogP contribution in [-0.4, -0.2) is 21.6 Å². The number of hydrogen-bond acceptors (Lipinski definition) is 5. The van der Waals surface area contributed by atoms with Crippen molar-refractivity contribution in [3.63, 3.8) is 0 Å². The lowest BCUT2D eigenvalue weighted by Crippen LogP contribution is -2.32. The number of rotatable bonds is 5. The molecule has 3 aromatic rings. The summed E-state index contributed by atoms with van der Waals surface area (Å²) in [4.78, 5) is 29.9. The van der Waals surface area contributed by atoms with Crippen LogP contribution in [0.2, 0.25) is 10.0 Å². The largest absolute Gasteiger partial charge is 0.460 e. The number of anilines is 1. The average molecular weight is 472 g/mol. The molecule has 2 aromatic carbocycles. The van der Waals surface area contributed by atoms with Crippen LogP contribution in [0.5, 0.6) is 0 Å². The van der Waals surface area contributed by atoms with Gasteiger partial charge in [-0.3, -0.25) is 14.2 Å². The van der Waals surface area contributed by atoms with Crippen LogP contribution in [0, 0.1) is 6.92 Å². The van der Waals surface area contributed by atoms with Crippen molar-refractivity contribution in [3.8, 4) is 11.4 Å². The number of halogens is 2. The quantitative estimate of drug-likeness (QED) is 0.518. The first-order chi connectivity index (χ1) is 15.3. The van der Waals surface area contributed by atoms with Crippen molar-refractivity contribution in [2.24, 2.45) is 0 Å². The Morgan fingerprint density at radius 1 is 1.25 bits per heavy atom. The summed E-state index contributed by atoms with van der Waals surface area (Å²) >= 11 is 12.4. The molecule has 0 fully saturated rings. The summed E-state index contributed by atoms with van der Waals surface area (Å²) in [7, 11) is 0. The van der Waals surface area contributed by atoms with Crippen LogP contribution in [0.4, 0.5) is 5.69 Å². The number of nitrogens with one attached hydrogen (secondary N) is 1. The number of carbonyl (C=O) groups is 1. The van der Waals surface area contributed by atoms with Gasteiger partial charge in [0.05, 0.1) is 16.8 Å². The molecule has 0 aliphatic heterocycles. The molecule has 0 radical (unpaired) electrons. The van der Waals surface area contributed by atoms with Crippen molar-refractivity contribution in [2.75, 3.05) is 5.32 Å². The molecule has 0 bridgehead atoms. The Kier molecular flexibility index (Phi) is 6.26. The van der Waals surface area contributed by atoms with Crippen LogP contribution >= 0.6 is 23.2 Å². The Morgan fingerprint density at radius 2 is 2.00 bits per heavy atom. The molecule has 32 heavy (non-hydrogen) atoms. The normalized spacial score (nSPS) is 17.2. The van der Waals surface area contributed by atoms with Crippen LogP contribution in [0.25, 0.3) is 11.4 Å². The van der Waals surface area contributed by atoms with Gasteiger partial charge in [-0.05, 0) is 43.2 Å². The average Bonchev–Trinajstić information content (AvgIpc) is 3.07. The summed E-state index contributed by atoms with van der Waals surface area (Å²) in [6.07, 6.45) is 0.171. The monoisotopic (exact) mass is 471 g/mol. The minimum atomic E-state index is -0.413. The van der Waals surface area contributed by atoms with Crippen LogP contribution < -0.4 is 10.9 Å². The lowest BCUT2D eigenvalue weighted by Gasteiger charge is -2.24. The molecule has 0 spiro atoms. The minimum absolute atomic E-state index is 0.216. The Bertz CT molecular complexity index is 1260. The van der Waals surface area contributed by atoms with Gasteiger partial charge in [-0.2, -0.15) is 0 Å². The number of carbonyl (C=O) groups excluding carboxylic acids is 1. The predicted octanol–water partition coefficient (Wildman–Crippen LogP) is 5.19. The second-order valence-electron chi connectivity index (χ2n) is 7.74. The molecule has 1 aromatic heterocycles. The number of hydrogen-bond donors (Lipinski definition) is 1. The smallest absolute Gasteiger partial charge is 0.302 e. The highest BCUT2D eigenvalue weighted by Crippen LogP contribution is 2.36. The number of aryl methyl sites for hydroxylation is 1. The standard InChI is InChI=1S/C24H23Cl2N3O3/c1-4-29-23(18-10-9-16(25)12-19(18)26)27-13(2)21(24(29)31)28-22-17-8-6-5-7-15(17)11-20(22)32-14(3)30/h5-10,12,20,22,28H,4,11H2,1-3H3/t20-,22-/m0/s1. The maximum absolute atomic E-state index is 13.5. The van der Waals surface area contributed by atoms with E-state index in [-0.39, 0.29) is 17.6 Å². The number of aromatic nitrogens is 2. The summed E-state index contributed by atoms with van der Waals surface area (Å²) in [6, 6.07) is 12.6. The highest BCUT2D eigenvalue weighted by molar-refractivity contribution is 6.36. The van der Waals surface area contributed by atoms with Crippen molar-refractivity contribution in [2.45, 2.75) is 45.9 Å². The van der Waals surface area contributed by atoms with Gasteiger partial charge in [0.2, 0.25) is 0 Å². The molecule has 1 aliphatic carbocycles. The van der Waals surface area contributed by atoms with E-state index in [9.17, 15) is 9.59 Å². The number of ether oxygens (including phenoxy) is 1. The van der Waals surface area contributed by atoms with Crippen LogP contribution in [-0.2, 0) is 22.5 Å². The zero-order chi connectivity index (χ0) is 23.0. The van der Waals surface area contributed by atoms with E-state index >= 15 is 0 Å². The molecular weight excluding hydrogens is 449 g/mol. The fourth-order valence-corrected chi connectivity index (χ4v) is 4.70. The highest BCUT2D eigenvalue weighted by atomic mass is 35.5. The van der Waals surface area contributed by atoms with Gasteiger partial charge in [-0.25, -0.2) is 4.98 Å². The van der Waals surface area contributed by atoms with Gasteiger partial charge in [-0.1, -0.05) is 47.5 Å². The first-order valence-electron chi connectivity index (χ1n) is 10.4. The summed E-state index contributed by atoms with van der Waals surface area (Å²) in [5, 5.41) is 4.27. The zero-order valence-electron chi connectivity index (χ0n) is 18.0. The number of fused-ring (bicyclic) bond motifs is 1. The molecule has 0 unspecified atom stereocenters. The van der Waals surface area contributed by atoms with E-state index in [2.05, 4.69) is 5.32 Å². The summed E-state index contributed by atoms with van der Waals surface area (Å²) < 4.78 is 7.15. The maximum Gasteiger partial charge on any atom is 0.302 e. The van der Waals surface area contributed by atoms with Crippen molar-refractivity contribution in [3.05, 3.63) is 79.7 Å². The first kappa shape index (κ1) is 22.4. The lowest BCUT2D eigenvalue weighted by atomic mass is 10.1. The van der Waals surface area contributed by atoms with Crippen molar-refractivity contribution in [1.82, 2.24) is 9.55 Å². The zero-order valence-corrected chi connectivity index (χ0v) is 19.5. The molecule has 2 atom stereocenters. The first-order valence-corrected chi connectivity index (χ1v) is 11.1. The maximum atomic E-state index is 13.5. The minimum Gasteiger partial charge on any atom is -0.460 e. The SMILES string of the molecule is CCn1c(-c2ccc(Cl)cc2Cl)nc(C)c(N[C@H]2c3ccccc3C[C@@H]2OC(C)=O)c1=O. The highest BCUT2D eigenvalue weighted by Gasteiger charge is 2.35.